The van der Waals surface area contributed by atoms with Gasteiger partial charge in [0.1, 0.15) is 0 Å². The Hall–Kier alpha value is -1.44. The van der Waals surface area contributed by atoms with Crippen molar-refractivity contribution >= 4 is 16.6 Å². The number of anilines is 1. The summed E-state index contributed by atoms with van der Waals surface area (Å²) in [5, 5.41) is 5.12. The summed E-state index contributed by atoms with van der Waals surface area (Å²) >= 11 is 0. The Bertz CT molecular complexity index is 595. The maximum atomic E-state index is 3.77. The SMILES string of the molecule is CC(C)CC(C)Nc1cc2cc[nH]c2c2c1CCCC2. The highest BCUT2D eigenvalue weighted by molar-refractivity contribution is 5.88. The Balaban J connectivity index is 1.97. The minimum atomic E-state index is 0.539. The monoisotopic (exact) mass is 270 g/mol. The molecular weight excluding hydrogens is 244 g/mol. The van der Waals surface area contributed by atoms with E-state index in [4.69, 9.17) is 0 Å². The van der Waals surface area contributed by atoms with E-state index >= 15 is 0 Å². The predicted octanol–water partition coefficient (Wildman–Crippen LogP) is 4.89. The van der Waals surface area contributed by atoms with E-state index in [2.05, 4.69) is 49.4 Å². The van der Waals surface area contributed by atoms with E-state index in [0.717, 1.165) is 5.92 Å². The van der Waals surface area contributed by atoms with Gasteiger partial charge in [-0.2, -0.15) is 0 Å². The molecule has 1 aromatic heterocycles. The third-order valence-electron chi connectivity index (χ3n) is 4.40. The van der Waals surface area contributed by atoms with E-state index < -0.39 is 0 Å². The van der Waals surface area contributed by atoms with Gasteiger partial charge in [-0.05, 0) is 68.2 Å². The fourth-order valence-corrected chi connectivity index (χ4v) is 3.64. The Morgan fingerprint density at radius 1 is 1.15 bits per heavy atom. The van der Waals surface area contributed by atoms with Crippen molar-refractivity contribution in [3.63, 3.8) is 0 Å². The summed E-state index contributed by atoms with van der Waals surface area (Å²) in [5.74, 6) is 0.740. The molecule has 2 heteroatoms. The summed E-state index contributed by atoms with van der Waals surface area (Å²) in [6.07, 6.45) is 8.39. The molecule has 0 bridgehead atoms. The van der Waals surface area contributed by atoms with Crippen LogP contribution in [0.3, 0.4) is 0 Å². The molecule has 1 aliphatic rings. The molecule has 0 saturated carbocycles. The molecule has 108 valence electrons. The van der Waals surface area contributed by atoms with Gasteiger partial charge in [0.15, 0.2) is 0 Å². The predicted molar refractivity (Wildman–Crippen MR) is 87.5 cm³/mol. The van der Waals surface area contributed by atoms with Gasteiger partial charge in [-0.1, -0.05) is 13.8 Å². The molecule has 0 saturated heterocycles. The van der Waals surface area contributed by atoms with Crippen molar-refractivity contribution in [3.8, 4) is 0 Å². The first-order valence-electron chi connectivity index (χ1n) is 8.03. The molecule has 2 nitrogen and oxygen atoms in total. The van der Waals surface area contributed by atoms with Crippen LogP contribution in [0.2, 0.25) is 0 Å². The standard InChI is InChI=1S/C18H26N2/c1-12(2)10-13(3)20-17-11-14-8-9-19-18(14)16-7-5-4-6-15(16)17/h8-9,11-13,19-20H,4-7,10H2,1-3H3. The number of hydrogen-bond donors (Lipinski definition) is 2. The highest BCUT2D eigenvalue weighted by atomic mass is 14.9. The summed E-state index contributed by atoms with van der Waals surface area (Å²) in [6, 6.07) is 5.08. The smallest absolute Gasteiger partial charge is 0.0490 e. The molecule has 0 radical (unpaired) electrons. The van der Waals surface area contributed by atoms with Crippen molar-refractivity contribution in [2.75, 3.05) is 5.32 Å². The second kappa shape index (κ2) is 5.51. The lowest BCUT2D eigenvalue weighted by molar-refractivity contribution is 0.539. The topological polar surface area (TPSA) is 27.8 Å². The first-order chi connectivity index (χ1) is 9.65. The average molecular weight is 270 g/mol. The van der Waals surface area contributed by atoms with Crippen LogP contribution in [-0.4, -0.2) is 11.0 Å². The van der Waals surface area contributed by atoms with Crippen LogP contribution >= 0.6 is 0 Å². The third-order valence-corrected chi connectivity index (χ3v) is 4.40. The van der Waals surface area contributed by atoms with Gasteiger partial charge in [0.2, 0.25) is 0 Å². The van der Waals surface area contributed by atoms with Crippen LogP contribution in [0.1, 0.15) is 51.2 Å². The van der Waals surface area contributed by atoms with Crippen molar-refractivity contribution in [2.45, 2.75) is 58.9 Å². The molecule has 0 aliphatic heterocycles. The number of aromatic amines is 1. The van der Waals surface area contributed by atoms with Crippen molar-refractivity contribution in [1.29, 1.82) is 0 Å². The maximum absolute atomic E-state index is 3.77. The van der Waals surface area contributed by atoms with Gasteiger partial charge in [-0.25, -0.2) is 0 Å². The maximum Gasteiger partial charge on any atom is 0.0490 e. The van der Waals surface area contributed by atoms with Crippen LogP contribution in [0, 0.1) is 5.92 Å². The zero-order valence-corrected chi connectivity index (χ0v) is 12.9. The summed E-state index contributed by atoms with van der Waals surface area (Å²) in [5.41, 5.74) is 5.85. The molecule has 1 atom stereocenters. The molecule has 2 N–H and O–H groups in total. The molecule has 0 fully saturated rings. The Morgan fingerprint density at radius 2 is 1.90 bits per heavy atom. The summed E-state index contributed by atoms with van der Waals surface area (Å²) < 4.78 is 0. The minimum absolute atomic E-state index is 0.539. The lowest BCUT2D eigenvalue weighted by Gasteiger charge is -2.24. The van der Waals surface area contributed by atoms with E-state index in [9.17, 15) is 0 Å². The van der Waals surface area contributed by atoms with Crippen molar-refractivity contribution in [2.24, 2.45) is 5.92 Å². The number of nitrogens with one attached hydrogen (secondary N) is 2. The van der Waals surface area contributed by atoms with E-state index in [1.165, 1.54) is 48.7 Å². The second-order valence-corrected chi connectivity index (χ2v) is 6.71. The van der Waals surface area contributed by atoms with Gasteiger partial charge in [0.25, 0.3) is 0 Å². The van der Waals surface area contributed by atoms with E-state index in [1.807, 2.05) is 0 Å². The molecule has 20 heavy (non-hydrogen) atoms. The van der Waals surface area contributed by atoms with Gasteiger partial charge in [-0.3, -0.25) is 0 Å². The average Bonchev–Trinajstić information content (AvgIpc) is 2.86. The number of H-pyrrole nitrogens is 1. The molecule has 1 heterocycles. The molecular formula is C18H26N2. The largest absolute Gasteiger partial charge is 0.382 e. The lowest BCUT2D eigenvalue weighted by atomic mass is 9.88. The second-order valence-electron chi connectivity index (χ2n) is 6.71. The van der Waals surface area contributed by atoms with E-state index in [-0.39, 0.29) is 0 Å². The Labute approximate surface area is 122 Å². The number of aryl methyl sites for hydroxylation is 1. The Morgan fingerprint density at radius 3 is 2.65 bits per heavy atom. The fraction of sp³-hybridized carbons (Fsp3) is 0.556. The van der Waals surface area contributed by atoms with Gasteiger partial charge >= 0.3 is 0 Å². The lowest BCUT2D eigenvalue weighted by Crippen LogP contribution is -2.19. The van der Waals surface area contributed by atoms with Gasteiger partial charge in [-0.15, -0.1) is 0 Å². The van der Waals surface area contributed by atoms with Crippen molar-refractivity contribution < 1.29 is 0 Å². The van der Waals surface area contributed by atoms with Crippen molar-refractivity contribution in [1.82, 2.24) is 4.98 Å². The van der Waals surface area contributed by atoms with Crippen LogP contribution in [0.25, 0.3) is 10.9 Å². The van der Waals surface area contributed by atoms with Crippen LogP contribution in [-0.2, 0) is 12.8 Å². The summed E-state index contributed by atoms with van der Waals surface area (Å²) in [4.78, 5) is 3.43. The highest BCUT2D eigenvalue weighted by Gasteiger charge is 2.18. The first-order valence-corrected chi connectivity index (χ1v) is 8.03. The molecule has 1 unspecified atom stereocenters. The minimum Gasteiger partial charge on any atom is -0.382 e. The molecule has 0 spiro atoms. The number of rotatable bonds is 4. The number of fused-ring (bicyclic) bond motifs is 3. The van der Waals surface area contributed by atoms with Crippen molar-refractivity contribution in [3.05, 3.63) is 29.5 Å². The van der Waals surface area contributed by atoms with Crippen LogP contribution in [0.4, 0.5) is 5.69 Å². The molecule has 3 rings (SSSR count). The van der Waals surface area contributed by atoms with Gasteiger partial charge < -0.3 is 10.3 Å². The molecule has 2 aromatic rings. The molecule has 1 aliphatic carbocycles. The first kappa shape index (κ1) is 13.5. The molecule has 1 aromatic carbocycles. The van der Waals surface area contributed by atoms with Crippen LogP contribution in [0.15, 0.2) is 18.3 Å². The number of aromatic nitrogens is 1. The normalized spacial score (nSPS) is 16.4. The molecule has 0 amide bonds. The van der Waals surface area contributed by atoms with Crippen LogP contribution in [0.5, 0.6) is 0 Å². The number of hydrogen-bond acceptors (Lipinski definition) is 1. The fourth-order valence-electron chi connectivity index (χ4n) is 3.64. The Kier molecular flexibility index (Phi) is 3.73. The summed E-state index contributed by atoms with van der Waals surface area (Å²) in [7, 11) is 0. The third kappa shape index (κ3) is 2.56. The highest BCUT2D eigenvalue weighted by Crippen LogP contribution is 2.34. The zero-order chi connectivity index (χ0) is 14.1. The van der Waals surface area contributed by atoms with E-state index in [0.29, 0.717) is 6.04 Å². The quantitative estimate of drug-likeness (QED) is 0.813. The van der Waals surface area contributed by atoms with Gasteiger partial charge in [0, 0.05) is 28.8 Å². The van der Waals surface area contributed by atoms with E-state index in [1.54, 1.807) is 11.1 Å². The zero-order valence-electron chi connectivity index (χ0n) is 12.9. The van der Waals surface area contributed by atoms with Crippen LogP contribution < -0.4 is 5.32 Å². The number of benzene rings is 1. The van der Waals surface area contributed by atoms with Gasteiger partial charge in [0.05, 0.1) is 0 Å². The summed E-state index contributed by atoms with van der Waals surface area (Å²) in [6.45, 7) is 6.89.